The third-order valence-corrected chi connectivity index (χ3v) is 14.4. The maximum Gasteiger partial charge on any atom is 0.392 e. The lowest BCUT2D eigenvalue weighted by molar-refractivity contribution is -0.151. The van der Waals surface area contributed by atoms with Crippen molar-refractivity contribution < 1.29 is 59.6 Å². The summed E-state index contributed by atoms with van der Waals surface area (Å²) in [5.41, 5.74) is 4.49. The Morgan fingerprint density at radius 2 is 1.75 bits per heavy atom. The lowest BCUT2D eigenvalue weighted by Crippen LogP contribution is -2.49. The molecule has 1 fully saturated rings. The molecule has 0 amide bonds. The van der Waals surface area contributed by atoms with Gasteiger partial charge in [-0.2, -0.15) is 22.5 Å². The average molecular weight is 1040 g/mol. The number of fused-ring (bicyclic) bond motifs is 1. The highest BCUT2D eigenvalue weighted by Gasteiger charge is 2.31. The van der Waals surface area contributed by atoms with E-state index < -0.39 is 53.1 Å². The van der Waals surface area contributed by atoms with Gasteiger partial charge in [0.15, 0.2) is 0 Å². The number of carbonyl (C=O) groups is 2. The molecule has 1 atom stereocenters. The van der Waals surface area contributed by atoms with E-state index in [2.05, 4.69) is 30.2 Å². The van der Waals surface area contributed by atoms with E-state index >= 15 is 0 Å². The molecule has 16 nitrogen and oxygen atoms in total. The van der Waals surface area contributed by atoms with Gasteiger partial charge in [-0.1, -0.05) is 48.0 Å². The zero-order chi connectivity index (χ0) is 50.9. The van der Waals surface area contributed by atoms with Gasteiger partial charge in [-0.15, -0.1) is 11.3 Å². The molecule has 0 radical (unpaired) electrons. The Morgan fingerprint density at radius 1 is 0.986 bits per heavy atom. The minimum Gasteiger partial charge on any atom is -0.487 e. The zero-order valence-corrected chi connectivity index (χ0v) is 41.2. The molecule has 0 bridgehead atoms. The minimum absolute atomic E-state index is 0.00879. The van der Waals surface area contributed by atoms with Crippen LogP contribution in [0.15, 0.2) is 73.2 Å². The van der Waals surface area contributed by atoms with Crippen molar-refractivity contribution in [2.24, 2.45) is 0 Å². The van der Waals surface area contributed by atoms with E-state index in [1.807, 2.05) is 19.1 Å². The lowest BCUT2D eigenvalue weighted by atomic mass is 9.94. The Bertz CT molecular complexity index is 2960. The van der Waals surface area contributed by atoms with Gasteiger partial charge in [-0.05, 0) is 71.5 Å². The van der Waals surface area contributed by atoms with Crippen molar-refractivity contribution in [3.63, 3.8) is 0 Å². The highest BCUT2D eigenvalue weighted by Crippen LogP contribution is 2.49. The Morgan fingerprint density at radius 3 is 2.45 bits per heavy atom. The number of rotatable bonds is 22. The van der Waals surface area contributed by atoms with Crippen LogP contribution in [-0.2, 0) is 50.3 Å². The van der Waals surface area contributed by atoms with Crippen molar-refractivity contribution in [2.45, 2.75) is 58.5 Å². The number of nitrogens with zero attached hydrogens (tertiary/aromatic N) is 6. The summed E-state index contributed by atoms with van der Waals surface area (Å²) in [5, 5.41) is 14.0. The first-order chi connectivity index (χ1) is 33.9. The van der Waals surface area contributed by atoms with Crippen LogP contribution in [0.25, 0.3) is 31.8 Å². The van der Waals surface area contributed by atoms with Crippen LogP contribution < -0.4 is 19.5 Å². The monoisotopic (exact) mass is 1040 g/mol. The van der Waals surface area contributed by atoms with Crippen LogP contribution >= 0.6 is 22.9 Å². The van der Waals surface area contributed by atoms with Crippen molar-refractivity contribution >= 4 is 55.1 Å². The van der Waals surface area contributed by atoms with Gasteiger partial charge < -0.3 is 29.4 Å². The van der Waals surface area contributed by atoms with Crippen LogP contribution in [0.1, 0.15) is 41.3 Å². The molecule has 0 saturated carbocycles. The maximum atomic E-state index is 14.3. The first-order valence-electron chi connectivity index (χ1n) is 22.4. The number of ether oxygens (including phenoxy) is 4. The van der Waals surface area contributed by atoms with E-state index in [0.717, 1.165) is 5.56 Å². The predicted octanol–water partition coefficient (Wildman–Crippen LogP) is 7.67. The normalized spacial score (nSPS) is 14.1. The summed E-state index contributed by atoms with van der Waals surface area (Å²) >= 11 is 8.45. The van der Waals surface area contributed by atoms with Crippen LogP contribution in [0.5, 0.6) is 17.6 Å². The maximum absolute atomic E-state index is 14.3. The second kappa shape index (κ2) is 23.5. The third-order valence-electron chi connectivity index (χ3n) is 11.4. The van der Waals surface area contributed by atoms with Crippen LogP contribution in [0, 0.1) is 12.7 Å². The zero-order valence-electron chi connectivity index (χ0n) is 38.8. The summed E-state index contributed by atoms with van der Waals surface area (Å²) in [7, 11) is -3.23. The number of carboxylic acid groups (broad SMARTS) is 1. The number of piperazine rings is 1. The third kappa shape index (κ3) is 14.1. The van der Waals surface area contributed by atoms with Crippen molar-refractivity contribution in [3.8, 4) is 39.2 Å². The van der Waals surface area contributed by atoms with Gasteiger partial charge in [0.2, 0.25) is 22.0 Å². The second-order valence-electron chi connectivity index (χ2n) is 16.5. The molecule has 6 aromatic rings. The summed E-state index contributed by atoms with van der Waals surface area (Å²) in [6.07, 6.45) is -3.78. The lowest BCUT2D eigenvalue weighted by Gasteiger charge is -2.33. The summed E-state index contributed by atoms with van der Waals surface area (Å²) in [5.74, 6) is -2.09. The van der Waals surface area contributed by atoms with Gasteiger partial charge >= 0.3 is 24.1 Å². The average Bonchev–Trinajstić information content (AvgIpc) is 3.71. The number of alkyl halides is 3. The fourth-order valence-corrected chi connectivity index (χ4v) is 10.1. The quantitative estimate of drug-likeness (QED) is 0.0382. The summed E-state index contributed by atoms with van der Waals surface area (Å²) in [4.78, 5) is 46.3. The molecule has 4 heterocycles. The first-order valence-corrected chi connectivity index (χ1v) is 25.4. The molecule has 1 aliphatic rings. The number of nitrogens with one attached hydrogen (secondary N) is 1. The first kappa shape index (κ1) is 52.8. The molecule has 3 aromatic heterocycles. The molecule has 71 heavy (non-hydrogen) atoms. The fraction of sp³-hybridized carbons (Fsp3) is 0.375. The number of carboxylic acids is 1. The molecule has 0 aliphatic carbocycles. The molecular formula is C48H50ClF4N7O9S2. The summed E-state index contributed by atoms with van der Waals surface area (Å²) < 4.78 is 101. The molecule has 7 rings (SSSR count). The Hall–Kier alpha value is -6.04. The molecule has 0 spiro atoms. The van der Waals surface area contributed by atoms with Crippen LogP contribution in [-0.4, -0.2) is 126 Å². The SMILES string of the molecule is CCOC(=O)[C@@H](Cc1cc(CC(=O)O)ccc1OCc1ccnc(OCCC(F)(F)F)n1)Oc1ncnc2sc(-c3ccc(F)cc3)c(-c3ccc(CNCCN4CCN(S(C)(=O)=O)CC4)c(Cl)c3C)c12. The summed E-state index contributed by atoms with van der Waals surface area (Å²) in [6, 6.07) is 15.6. The number of thiophene rings is 1. The van der Waals surface area contributed by atoms with E-state index in [1.165, 1.54) is 58.7 Å². The van der Waals surface area contributed by atoms with Gasteiger partial charge in [0, 0.05) is 73.9 Å². The molecule has 378 valence electrons. The Labute approximate surface area is 416 Å². The minimum atomic E-state index is -4.43. The van der Waals surface area contributed by atoms with Gasteiger partial charge in [-0.3, -0.25) is 9.69 Å². The van der Waals surface area contributed by atoms with Crippen molar-refractivity contribution in [1.29, 1.82) is 0 Å². The van der Waals surface area contributed by atoms with Gasteiger partial charge in [0.25, 0.3) is 0 Å². The van der Waals surface area contributed by atoms with Gasteiger partial charge in [0.05, 0.1) is 36.8 Å². The fourth-order valence-electron chi connectivity index (χ4n) is 7.85. The van der Waals surface area contributed by atoms with Gasteiger partial charge in [-0.25, -0.2) is 32.6 Å². The molecule has 1 aliphatic heterocycles. The van der Waals surface area contributed by atoms with Crippen molar-refractivity contribution in [3.05, 3.63) is 112 Å². The van der Waals surface area contributed by atoms with Crippen molar-refractivity contribution in [2.75, 3.05) is 58.7 Å². The second-order valence-corrected chi connectivity index (χ2v) is 19.8. The largest absolute Gasteiger partial charge is 0.487 e. The molecule has 2 N–H and O–H groups in total. The Kier molecular flexibility index (Phi) is 17.4. The number of aromatic nitrogens is 4. The predicted molar refractivity (Wildman–Crippen MR) is 258 cm³/mol. The number of benzene rings is 3. The Balaban J connectivity index is 1.19. The number of hydrogen-bond acceptors (Lipinski definition) is 15. The van der Waals surface area contributed by atoms with Crippen LogP contribution in [0.4, 0.5) is 17.6 Å². The van der Waals surface area contributed by atoms with Gasteiger partial charge in [0.1, 0.15) is 35.9 Å². The molecule has 1 saturated heterocycles. The highest BCUT2D eigenvalue weighted by molar-refractivity contribution is 7.88. The van der Waals surface area contributed by atoms with E-state index in [1.54, 1.807) is 31.2 Å². The number of aliphatic carboxylic acids is 1. The number of carbonyl (C=O) groups excluding carboxylic acids is 1. The molecule has 23 heteroatoms. The molecular weight excluding hydrogens is 994 g/mol. The smallest absolute Gasteiger partial charge is 0.392 e. The standard InChI is InChI=1S/C48H50ClF4N7O9S2/c1-4-66-46(63)38(25-33-23-30(24-39(61)62)5-12-37(33)68-27-35-13-15-55-47(58-35)67-22-14-48(51,52)53)69-44-41-40(43(70-45(41)57-28-56-44)31-6-9-34(50)10-7-31)36-11-8-32(42(49)29(36)2)26-54-16-17-59-18-20-60(21-19-59)71(3,64)65/h5-13,15,23,28,38,54H,4,14,16-22,24-27H2,1-3H3,(H,61,62)/t38-/m1/s1. The van der Waals surface area contributed by atoms with E-state index in [9.17, 15) is 40.7 Å². The number of halogens is 5. The van der Waals surface area contributed by atoms with E-state index in [4.69, 9.17) is 30.5 Å². The van der Waals surface area contributed by atoms with Crippen LogP contribution in [0.2, 0.25) is 5.02 Å². The number of esters is 1. The van der Waals surface area contributed by atoms with Crippen LogP contribution in [0.3, 0.4) is 0 Å². The van der Waals surface area contributed by atoms with E-state index in [-0.39, 0.29) is 49.4 Å². The highest BCUT2D eigenvalue weighted by atomic mass is 35.5. The summed E-state index contributed by atoms with van der Waals surface area (Å²) in [6.45, 7) is 6.52. The van der Waals surface area contributed by atoms with Crippen molar-refractivity contribution in [1.82, 2.24) is 34.5 Å². The number of hydrogen-bond donors (Lipinski definition) is 2. The molecule has 0 unspecified atom stereocenters. The topological polar surface area (TPSA) is 196 Å². The number of sulfonamides is 1. The molecule has 3 aromatic carbocycles. The van der Waals surface area contributed by atoms with E-state index in [0.29, 0.717) is 99.3 Å².